The van der Waals surface area contributed by atoms with Crippen molar-refractivity contribution >= 4 is 11.7 Å². The molecule has 0 saturated heterocycles. The van der Waals surface area contributed by atoms with Crippen molar-refractivity contribution in [2.24, 2.45) is 5.41 Å². The maximum Gasteiger partial charge on any atom is 0.313 e. The summed E-state index contributed by atoms with van der Waals surface area (Å²) in [7, 11) is 1.40. The second-order valence-electron chi connectivity index (χ2n) is 3.83. The minimum Gasteiger partial charge on any atom is -0.469 e. The van der Waals surface area contributed by atoms with Crippen molar-refractivity contribution in [1.82, 2.24) is 4.98 Å². The van der Waals surface area contributed by atoms with Crippen molar-refractivity contribution in [2.75, 3.05) is 19.0 Å². The van der Waals surface area contributed by atoms with E-state index in [1.807, 2.05) is 32.3 Å². The molecule has 0 unspecified atom stereocenters. The van der Waals surface area contributed by atoms with Crippen LogP contribution >= 0.6 is 0 Å². The van der Waals surface area contributed by atoms with E-state index in [0.717, 1.165) is 5.69 Å². The lowest BCUT2D eigenvalue weighted by atomic mass is 9.94. The van der Waals surface area contributed by atoms with Crippen molar-refractivity contribution in [3.63, 3.8) is 0 Å². The van der Waals surface area contributed by atoms with E-state index in [2.05, 4.69) is 10.3 Å². The van der Waals surface area contributed by atoms with Gasteiger partial charge >= 0.3 is 5.97 Å². The van der Waals surface area contributed by atoms with Gasteiger partial charge in [0, 0.05) is 18.9 Å². The first-order chi connectivity index (χ1) is 6.56. The van der Waals surface area contributed by atoms with E-state index < -0.39 is 5.41 Å². The van der Waals surface area contributed by atoms with E-state index in [-0.39, 0.29) is 5.97 Å². The summed E-state index contributed by atoms with van der Waals surface area (Å²) in [6, 6.07) is 1.91. The van der Waals surface area contributed by atoms with Crippen molar-refractivity contribution in [3.05, 3.63) is 18.5 Å². The quantitative estimate of drug-likeness (QED) is 0.719. The highest BCUT2D eigenvalue weighted by atomic mass is 16.5. The van der Waals surface area contributed by atoms with Crippen molar-refractivity contribution in [3.8, 4) is 0 Å². The number of carbonyl (C=O) groups is 1. The number of aromatic amines is 1. The lowest BCUT2D eigenvalue weighted by Crippen LogP contribution is -2.33. The van der Waals surface area contributed by atoms with Crippen LogP contribution in [0.15, 0.2) is 18.5 Å². The van der Waals surface area contributed by atoms with Gasteiger partial charge in [0.15, 0.2) is 0 Å². The van der Waals surface area contributed by atoms with Crippen LogP contribution in [-0.4, -0.2) is 24.6 Å². The van der Waals surface area contributed by atoms with Gasteiger partial charge in [0.2, 0.25) is 0 Å². The summed E-state index contributed by atoms with van der Waals surface area (Å²) in [4.78, 5) is 14.3. The Kier molecular flexibility index (Phi) is 3.17. The summed E-state index contributed by atoms with van der Waals surface area (Å²) in [6.07, 6.45) is 3.67. The van der Waals surface area contributed by atoms with Crippen LogP contribution in [0.5, 0.6) is 0 Å². The van der Waals surface area contributed by atoms with Gasteiger partial charge in [-0.2, -0.15) is 0 Å². The van der Waals surface area contributed by atoms with Crippen LogP contribution in [0.25, 0.3) is 0 Å². The minimum atomic E-state index is -0.508. The molecule has 0 amide bonds. The number of anilines is 1. The number of hydrogen-bond acceptors (Lipinski definition) is 3. The number of methoxy groups -OCH3 is 1. The maximum absolute atomic E-state index is 11.3. The summed E-state index contributed by atoms with van der Waals surface area (Å²) in [5.74, 6) is -0.208. The van der Waals surface area contributed by atoms with Crippen LogP contribution in [0.1, 0.15) is 13.8 Å². The summed E-state index contributed by atoms with van der Waals surface area (Å²) >= 11 is 0. The van der Waals surface area contributed by atoms with Crippen LogP contribution in [0.2, 0.25) is 0 Å². The summed E-state index contributed by atoms with van der Waals surface area (Å²) in [5, 5.41) is 3.15. The van der Waals surface area contributed by atoms with Gasteiger partial charge in [0.25, 0.3) is 0 Å². The molecule has 0 radical (unpaired) electrons. The number of hydrogen-bond donors (Lipinski definition) is 2. The highest BCUT2D eigenvalue weighted by molar-refractivity contribution is 5.76. The molecule has 14 heavy (non-hydrogen) atoms. The molecule has 0 aliphatic heterocycles. The molecule has 0 spiro atoms. The Morgan fingerprint density at radius 2 is 2.36 bits per heavy atom. The first-order valence-electron chi connectivity index (χ1n) is 4.51. The van der Waals surface area contributed by atoms with Crippen LogP contribution in [-0.2, 0) is 9.53 Å². The van der Waals surface area contributed by atoms with E-state index in [1.54, 1.807) is 0 Å². The summed E-state index contributed by atoms with van der Waals surface area (Å²) in [6.45, 7) is 4.24. The van der Waals surface area contributed by atoms with Crippen LogP contribution in [0.4, 0.5) is 5.69 Å². The van der Waals surface area contributed by atoms with Crippen LogP contribution < -0.4 is 5.32 Å². The predicted octanol–water partition coefficient (Wildman–Crippen LogP) is 1.63. The second-order valence-corrected chi connectivity index (χ2v) is 3.83. The average molecular weight is 196 g/mol. The molecule has 1 aromatic rings. The van der Waals surface area contributed by atoms with E-state index in [0.29, 0.717) is 6.54 Å². The van der Waals surface area contributed by atoms with E-state index >= 15 is 0 Å². The fourth-order valence-electron chi connectivity index (χ4n) is 1.11. The molecule has 0 fully saturated rings. The zero-order valence-corrected chi connectivity index (χ0v) is 8.76. The number of rotatable bonds is 4. The van der Waals surface area contributed by atoms with Crippen molar-refractivity contribution < 1.29 is 9.53 Å². The number of H-pyrrole nitrogens is 1. The molecule has 1 aromatic heterocycles. The van der Waals surface area contributed by atoms with Gasteiger partial charge in [-0.25, -0.2) is 0 Å². The lowest BCUT2D eigenvalue weighted by Gasteiger charge is -2.21. The summed E-state index contributed by atoms with van der Waals surface area (Å²) < 4.78 is 4.70. The average Bonchev–Trinajstić information content (AvgIpc) is 2.66. The van der Waals surface area contributed by atoms with Crippen LogP contribution in [0, 0.1) is 5.41 Å². The highest BCUT2D eigenvalue weighted by Crippen LogP contribution is 2.18. The number of ether oxygens (including phenoxy) is 1. The van der Waals surface area contributed by atoms with Gasteiger partial charge in [-0.05, 0) is 19.9 Å². The third kappa shape index (κ3) is 2.52. The molecule has 1 rings (SSSR count). The van der Waals surface area contributed by atoms with Gasteiger partial charge in [0.1, 0.15) is 0 Å². The Morgan fingerprint density at radius 3 is 2.86 bits per heavy atom. The largest absolute Gasteiger partial charge is 0.469 e. The fourth-order valence-corrected chi connectivity index (χ4v) is 1.11. The highest BCUT2D eigenvalue weighted by Gasteiger charge is 2.28. The van der Waals surface area contributed by atoms with E-state index in [9.17, 15) is 4.79 Å². The molecule has 0 aliphatic carbocycles. The van der Waals surface area contributed by atoms with Gasteiger partial charge in [-0.1, -0.05) is 0 Å². The molecule has 0 bridgehead atoms. The van der Waals surface area contributed by atoms with Gasteiger partial charge in [-0.3, -0.25) is 4.79 Å². The normalized spacial score (nSPS) is 11.1. The Balaban J connectivity index is 2.48. The smallest absolute Gasteiger partial charge is 0.313 e. The molecule has 78 valence electrons. The Bertz CT molecular complexity index is 291. The molecule has 0 atom stereocenters. The molecule has 0 saturated carbocycles. The molecule has 0 aliphatic rings. The van der Waals surface area contributed by atoms with Gasteiger partial charge < -0.3 is 15.0 Å². The third-order valence-electron chi connectivity index (χ3n) is 2.07. The second kappa shape index (κ2) is 4.17. The standard InChI is InChI=1S/C10H16N2O2/c1-10(2,9(13)14-3)7-12-8-4-5-11-6-8/h4-6,11-12H,7H2,1-3H3. The zero-order chi connectivity index (χ0) is 10.6. The van der Waals surface area contributed by atoms with Crippen LogP contribution in [0.3, 0.4) is 0 Å². The molecule has 4 nitrogen and oxygen atoms in total. The van der Waals surface area contributed by atoms with E-state index in [1.165, 1.54) is 7.11 Å². The van der Waals surface area contributed by atoms with Gasteiger partial charge in [-0.15, -0.1) is 0 Å². The first-order valence-corrected chi connectivity index (χ1v) is 4.51. The molecule has 4 heteroatoms. The topological polar surface area (TPSA) is 54.1 Å². The van der Waals surface area contributed by atoms with E-state index in [4.69, 9.17) is 4.74 Å². The van der Waals surface area contributed by atoms with Gasteiger partial charge in [0.05, 0.1) is 18.2 Å². The predicted molar refractivity (Wildman–Crippen MR) is 55.1 cm³/mol. The molecular weight excluding hydrogens is 180 g/mol. The fraction of sp³-hybridized carbons (Fsp3) is 0.500. The Morgan fingerprint density at radius 1 is 1.64 bits per heavy atom. The SMILES string of the molecule is COC(=O)C(C)(C)CNc1cc[nH]c1. The number of esters is 1. The lowest BCUT2D eigenvalue weighted by molar-refractivity contribution is -0.149. The third-order valence-corrected chi connectivity index (χ3v) is 2.07. The summed E-state index contributed by atoms with van der Waals surface area (Å²) in [5.41, 5.74) is 0.466. The molecule has 0 aromatic carbocycles. The van der Waals surface area contributed by atoms with Crippen molar-refractivity contribution in [2.45, 2.75) is 13.8 Å². The Labute approximate surface area is 83.7 Å². The molecule has 2 N–H and O–H groups in total. The Hall–Kier alpha value is -1.45. The molecular formula is C10H16N2O2. The first kappa shape index (κ1) is 10.6. The van der Waals surface area contributed by atoms with Crippen molar-refractivity contribution in [1.29, 1.82) is 0 Å². The maximum atomic E-state index is 11.3. The number of aromatic nitrogens is 1. The number of nitrogens with one attached hydrogen (secondary N) is 2. The number of carbonyl (C=O) groups excluding carboxylic acids is 1. The zero-order valence-electron chi connectivity index (χ0n) is 8.76. The monoisotopic (exact) mass is 196 g/mol. The minimum absolute atomic E-state index is 0.208. The molecule has 1 heterocycles.